The van der Waals surface area contributed by atoms with Crippen molar-refractivity contribution in [2.75, 3.05) is 18.8 Å². The van der Waals surface area contributed by atoms with E-state index in [2.05, 4.69) is 10.2 Å². The van der Waals surface area contributed by atoms with Gasteiger partial charge >= 0.3 is 0 Å². The lowest BCUT2D eigenvalue weighted by Crippen LogP contribution is -2.39. The van der Waals surface area contributed by atoms with E-state index in [1.165, 1.54) is 10.4 Å². The number of sulfonamides is 1. The molecule has 1 atom stereocenters. The first-order valence-corrected chi connectivity index (χ1v) is 8.36. The van der Waals surface area contributed by atoms with Crippen LogP contribution in [0.15, 0.2) is 41.4 Å². The zero-order valence-electron chi connectivity index (χ0n) is 11.6. The second kappa shape index (κ2) is 5.50. The Morgan fingerprint density at radius 3 is 2.90 bits per heavy atom. The smallest absolute Gasteiger partial charge is 0.243 e. The molecule has 1 aliphatic rings. The van der Waals surface area contributed by atoms with Gasteiger partial charge in [-0.2, -0.15) is 9.40 Å². The molecule has 0 spiro atoms. The second-order valence-electron chi connectivity index (χ2n) is 5.29. The van der Waals surface area contributed by atoms with Gasteiger partial charge in [0.05, 0.1) is 4.90 Å². The Hall–Kier alpha value is -1.86. The summed E-state index contributed by atoms with van der Waals surface area (Å²) in [5.74, 6) is 0.164. The van der Waals surface area contributed by atoms with Crippen molar-refractivity contribution in [3.05, 3.63) is 42.2 Å². The first-order chi connectivity index (χ1) is 10.1. The highest BCUT2D eigenvalue weighted by atomic mass is 32.2. The summed E-state index contributed by atoms with van der Waals surface area (Å²) in [4.78, 5) is 0.257. The van der Waals surface area contributed by atoms with Gasteiger partial charge in [-0.25, -0.2) is 8.42 Å². The fraction of sp³-hybridized carbons (Fsp3) is 0.357. The van der Waals surface area contributed by atoms with Gasteiger partial charge in [-0.1, -0.05) is 6.07 Å². The van der Waals surface area contributed by atoms with Crippen LogP contribution in [0.2, 0.25) is 0 Å². The Morgan fingerprint density at radius 2 is 2.19 bits per heavy atom. The Labute approximate surface area is 124 Å². The van der Waals surface area contributed by atoms with Crippen molar-refractivity contribution in [3.63, 3.8) is 0 Å². The normalized spacial score (nSPS) is 20.5. The minimum Gasteiger partial charge on any atom is -0.399 e. The van der Waals surface area contributed by atoms with Gasteiger partial charge in [-0.15, -0.1) is 0 Å². The van der Waals surface area contributed by atoms with Crippen LogP contribution in [0, 0.1) is 0 Å². The van der Waals surface area contributed by atoms with Crippen LogP contribution in [-0.4, -0.2) is 36.0 Å². The predicted molar refractivity (Wildman–Crippen MR) is 80.2 cm³/mol. The number of aromatic nitrogens is 2. The van der Waals surface area contributed by atoms with E-state index in [-0.39, 0.29) is 10.8 Å². The van der Waals surface area contributed by atoms with Gasteiger partial charge in [-0.3, -0.25) is 5.10 Å². The molecule has 1 saturated heterocycles. The summed E-state index contributed by atoms with van der Waals surface area (Å²) in [5.41, 5.74) is 7.14. The van der Waals surface area contributed by atoms with E-state index >= 15 is 0 Å². The van der Waals surface area contributed by atoms with Gasteiger partial charge in [0.2, 0.25) is 10.0 Å². The third-order valence-electron chi connectivity index (χ3n) is 3.84. The van der Waals surface area contributed by atoms with Crippen LogP contribution >= 0.6 is 0 Å². The van der Waals surface area contributed by atoms with Crippen molar-refractivity contribution in [2.45, 2.75) is 23.7 Å². The van der Waals surface area contributed by atoms with Crippen LogP contribution in [0.5, 0.6) is 0 Å². The van der Waals surface area contributed by atoms with E-state index < -0.39 is 10.0 Å². The lowest BCUT2D eigenvalue weighted by atomic mass is 9.96. The van der Waals surface area contributed by atoms with Crippen molar-refractivity contribution < 1.29 is 8.42 Å². The highest BCUT2D eigenvalue weighted by Crippen LogP contribution is 2.29. The van der Waals surface area contributed by atoms with Crippen molar-refractivity contribution in [1.82, 2.24) is 14.5 Å². The molecule has 3 N–H and O–H groups in total. The number of hydrogen-bond acceptors (Lipinski definition) is 4. The van der Waals surface area contributed by atoms with E-state index in [9.17, 15) is 8.42 Å². The summed E-state index contributed by atoms with van der Waals surface area (Å²) in [5, 5.41) is 6.88. The highest BCUT2D eigenvalue weighted by molar-refractivity contribution is 7.89. The van der Waals surface area contributed by atoms with Crippen LogP contribution in [-0.2, 0) is 10.0 Å². The average molecular weight is 306 g/mol. The van der Waals surface area contributed by atoms with Crippen molar-refractivity contribution in [3.8, 4) is 0 Å². The summed E-state index contributed by atoms with van der Waals surface area (Å²) in [6.45, 7) is 1.01. The standard InChI is InChI=1S/C14H18N4O2S/c15-12-4-1-5-13(9-12)21(19,20)18-8-2-3-11(10-18)14-6-7-16-17-14/h1,4-7,9,11H,2-3,8,10,15H2,(H,16,17). The first-order valence-electron chi connectivity index (χ1n) is 6.92. The molecule has 0 radical (unpaired) electrons. The maximum Gasteiger partial charge on any atom is 0.243 e. The number of nitrogens with one attached hydrogen (secondary N) is 1. The number of benzene rings is 1. The van der Waals surface area contributed by atoms with Crippen molar-refractivity contribution in [1.29, 1.82) is 0 Å². The Kier molecular flexibility index (Phi) is 3.69. The minimum absolute atomic E-state index is 0.164. The van der Waals surface area contributed by atoms with E-state index in [4.69, 9.17) is 5.73 Å². The lowest BCUT2D eigenvalue weighted by molar-refractivity contribution is 0.312. The molecular weight excluding hydrogens is 288 g/mol. The summed E-state index contributed by atoms with van der Waals surface area (Å²) >= 11 is 0. The molecule has 21 heavy (non-hydrogen) atoms. The van der Waals surface area contributed by atoms with Crippen LogP contribution in [0.25, 0.3) is 0 Å². The van der Waals surface area contributed by atoms with Crippen LogP contribution in [0.1, 0.15) is 24.5 Å². The zero-order chi connectivity index (χ0) is 14.9. The number of hydrogen-bond donors (Lipinski definition) is 2. The molecule has 6 nitrogen and oxygen atoms in total. The van der Waals surface area contributed by atoms with Gasteiger partial charge in [0.1, 0.15) is 0 Å². The van der Waals surface area contributed by atoms with E-state index in [0.29, 0.717) is 18.8 Å². The monoisotopic (exact) mass is 306 g/mol. The van der Waals surface area contributed by atoms with Crippen LogP contribution < -0.4 is 5.73 Å². The molecule has 112 valence electrons. The maximum atomic E-state index is 12.7. The fourth-order valence-electron chi connectivity index (χ4n) is 2.73. The van der Waals surface area contributed by atoms with Crippen molar-refractivity contribution >= 4 is 15.7 Å². The predicted octanol–water partition coefficient (Wildman–Crippen LogP) is 1.56. The molecule has 2 heterocycles. The molecule has 0 aliphatic carbocycles. The molecule has 1 aromatic carbocycles. The number of anilines is 1. The van der Waals surface area contributed by atoms with E-state index in [0.717, 1.165) is 18.5 Å². The van der Waals surface area contributed by atoms with E-state index in [1.54, 1.807) is 24.4 Å². The van der Waals surface area contributed by atoms with Gasteiger partial charge in [0.25, 0.3) is 0 Å². The summed E-state index contributed by atoms with van der Waals surface area (Å²) in [6, 6.07) is 8.35. The lowest BCUT2D eigenvalue weighted by Gasteiger charge is -2.31. The number of piperidine rings is 1. The third-order valence-corrected chi connectivity index (χ3v) is 5.70. The summed E-state index contributed by atoms with van der Waals surface area (Å²) < 4.78 is 26.9. The molecule has 0 bridgehead atoms. The molecule has 1 fully saturated rings. The SMILES string of the molecule is Nc1cccc(S(=O)(=O)N2CCCC(c3ccn[nH]3)C2)c1. The largest absolute Gasteiger partial charge is 0.399 e. The van der Waals surface area contributed by atoms with Gasteiger partial charge in [0.15, 0.2) is 0 Å². The fourth-order valence-corrected chi connectivity index (χ4v) is 4.31. The molecule has 1 unspecified atom stereocenters. The number of nitrogen functional groups attached to an aromatic ring is 1. The summed E-state index contributed by atoms with van der Waals surface area (Å²) in [6.07, 6.45) is 3.50. The first kappa shape index (κ1) is 14.1. The highest BCUT2D eigenvalue weighted by Gasteiger charge is 2.31. The number of aromatic amines is 1. The summed E-state index contributed by atoms with van der Waals surface area (Å²) in [7, 11) is -3.49. The third kappa shape index (κ3) is 2.79. The quantitative estimate of drug-likeness (QED) is 0.842. The molecule has 7 heteroatoms. The van der Waals surface area contributed by atoms with Gasteiger partial charge in [0, 0.05) is 36.6 Å². The van der Waals surface area contributed by atoms with Crippen LogP contribution in [0.3, 0.4) is 0 Å². The Morgan fingerprint density at radius 1 is 1.33 bits per heavy atom. The topological polar surface area (TPSA) is 92.1 Å². The number of nitrogens with two attached hydrogens (primary N) is 1. The molecule has 1 aromatic heterocycles. The van der Waals surface area contributed by atoms with Crippen molar-refractivity contribution in [2.24, 2.45) is 0 Å². The molecular formula is C14H18N4O2S. The molecule has 3 rings (SSSR count). The Bertz CT molecular complexity index is 712. The number of rotatable bonds is 3. The zero-order valence-corrected chi connectivity index (χ0v) is 12.4. The number of H-pyrrole nitrogens is 1. The molecule has 2 aromatic rings. The molecule has 0 saturated carbocycles. The van der Waals surface area contributed by atoms with Gasteiger partial charge in [-0.05, 0) is 37.1 Å². The molecule has 0 amide bonds. The van der Waals surface area contributed by atoms with Gasteiger partial charge < -0.3 is 5.73 Å². The van der Waals surface area contributed by atoms with Crippen LogP contribution in [0.4, 0.5) is 5.69 Å². The second-order valence-corrected chi connectivity index (χ2v) is 7.22. The molecule has 1 aliphatic heterocycles. The average Bonchev–Trinajstić information content (AvgIpc) is 3.02. The maximum absolute atomic E-state index is 12.7. The minimum atomic E-state index is -3.49. The Balaban J connectivity index is 1.85. The number of nitrogens with zero attached hydrogens (tertiary/aromatic N) is 2. The van der Waals surface area contributed by atoms with E-state index in [1.807, 2.05) is 6.07 Å².